The van der Waals surface area contributed by atoms with Crippen molar-refractivity contribution in [2.45, 2.75) is 32.4 Å². The number of rotatable bonds is 2. The van der Waals surface area contributed by atoms with E-state index in [1.807, 2.05) is 13.8 Å². The monoisotopic (exact) mass is 242 g/mol. The van der Waals surface area contributed by atoms with Gasteiger partial charge in [0.15, 0.2) is 5.82 Å². The molecule has 0 aliphatic heterocycles. The van der Waals surface area contributed by atoms with Gasteiger partial charge in [-0.25, -0.2) is 4.98 Å². The van der Waals surface area contributed by atoms with Crippen LogP contribution >= 0.6 is 11.6 Å². The molecule has 1 aromatic rings. The topological polar surface area (TPSA) is 84.1 Å². The second-order valence-electron chi connectivity index (χ2n) is 4.71. The molecule has 1 saturated carbocycles. The smallest absolute Gasteiger partial charge is 0.224 e. The first-order valence-electron chi connectivity index (χ1n) is 5.14. The average Bonchev–Trinajstić information content (AvgIpc) is 2.23. The zero-order valence-electron chi connectivity index (χ0n) is 9.24. The largest absolute Gasteiger partial charge is 0.394 e. The molecule has 0 amide bonds. The minimum absolute atomic E-state index is 0.149. The van der Waals surface area contributed by atoms with Crippen LogP contribution in [0.25, 0.3) is 0 Å². The van der Waals surface area contributed by atoms with E-state index < -0.39 is 0 Å². The molecule has 0 aromatic carbocycles. The first-order chi connectivity index (χ1) is 7.41. The molecule has 2 atom stereocenters. The van der Waals surface area contributed by atoms with Gasteiger partial charge in [0, 0.05) is 11.5 Å². The minimum Gasteiger partial charge on any atom is -0.394 e. The van der Waals surface area contributed by atoms with Crippen molar-refractivity contribution in [3.8, 4) is 0 Å². The lowest BCUT2D eigenvalue weighted by Gasteiger charge is -2.49. The van der Waals surface area contributed by atoms with Crippen LogP contribution in [-0.2, 0) is 0 Å². The summed E-state index contributed by atoms with van der Waals surface area (Å²) in [5, 5.41) is 13.0. The van der Waals surface area contributed by atoms with Crippen LogP contribution in [0.5, 0.6) is 0 Å². The summed E-state index contributed by atoms with van der Waals surface area (Å²) in [6, 6.07) is 0.149. The highest BCUT2D eigenvalue weighted by molar-refractivity contribution is 6.28. The molecule has 0 radical (unpaired) electrons. The van der Waals surface area contributed by atoms with Gasteiger partial charge in [-0.05, 0) is 18.0 Å². The van der Waals surface area contributed by atoms with Crippen LogP contribution < -0.4 is 11.1 Å². The van der Waals surface area contributed by atoms with E-state index in [0.717, 1.165) is 0 Å². The number of nitrogens with one attached hydrogen (secondary N) is 1. The van der Waals surface area contributed by atoms with Crippen molar-refractivity contribution in [1.82, 2.24) is 9.97 Å². The standard InChI is InChI=1S/C10H15ClN4O/c1-10(2)6(3-7(10)16)14-8-5(12)4-13-9(11)15-8/h4,6-7,16H,3,12H2,1-2H3,(H,13,14,15). The van der Waals surface area contributed by atoms with E-state index in [0.29, 0.717) is 17.9 Å². The maximum atomic E-state index is 9.62. The Morgan fingerprint density at radius 3 is 2.88 bits per heavy atom. The summed E-state index contributed by atoms with van der Waals surface area (Å²) in [4.78, 5) is 7.80. The first kappa shape index (κ1) is 11.4. The molecule has 2 rings (SSSR count). The fourth-order valence-electron chi connectivity index (χ4n) is 1.80. The molecule has 0 spiro atoms. The normalized spacial score (nSPS) is 27.2. The van der Waals surface area contributed by atoms with Crippen LogP contribution in [0, 0.1) is 5.41 Å². The number of nitrogen functional groups attached to an aromatic ring is 1. The molecule has 16 heavy (non-hydrogen) atoms. The second kappa shape index (κ2) is 3.75. The molecule has 6 heteroatoms. The number of anilines is 2. The second-order valence-corrected chi connectivity index (χ2v) is 5.05. The molecular formula is C10H15ClN4O. The van der Waals surface area contributed by atoms with Crippen molar-refractivity contribution in [2.24, 2.45) is 5.41 Å². The lowest BCUT2D eigenvalue weighted by molar-refractivity contribution is -0.0511. The molecule has 1 fully saturated rings. The molecular weight excluding hydrogens is 228 g/mol. The Bertz CT molecular complexity index is 410. The number of hydrogen-bond donors (Lipinski definition) is 3. The van der Waals surface area contributed by atoms with Crippen molar-refractivity contribution in [3.05, 3.63) is 11.5 Å². The third-order valence-corrected chi connectivity index (χ3v) is 3.50. The van der Waals surface area contributed by atoms with Gasteiger partial charge in [0.25, 0.3) is 0 Å². The van der Waals surface area contributed by atoms with Gasteiger partial charge >= 0.3 is 0 Å². The van der Waals surface area contributed by atoms with Crippen LogP contribution in [-0.4, -0.2) is 27.2 Å². The Balaban J connectivity index is 2.13. The van der Waals surface area contributed by atoms with Crippen molar-refractivity contribution in [3.63, 3.8) is 0 Å². The van der Waals surface area contributed by atoms with Crippen LogP contribution in [0.15, 0.2) is 6.20 Å². The van der Waals surface area contributed by atoms with E-state index in [4.69, 9.17) is 17.3 Å². The summed E-state index contributed by atoms with van der Waals surface area (Å²) in [6.45, 7) is 4.00. The Labute approximate surface area is 99.0 Å². The number of aliphatic hydroxyl groups excluding tert-OH is 1. The van der Waals surface area contributed by atoms with Gasteiger partial charge in [0.1, 0.15) is 0 Å². The highest BCUT2D eigenvalue weighted by Gasteiger charge is 2.47. The van der Waals surface area contributed by atoms with E-state index in [1.54, 1.807) is 0 Å². The van der Waals surface area contributed by atoms with Gasteiger partial charge in [-0.15, -0.1) is 0 Å². The van der Waals surface area contributed by atoms with E-state index >= 15 is 0 Å². The SMILES string of the molecule is CC1(C)C(O)CC1Nc1nc(Cl)ncc1N. The third-order valence-electron chi connectivity index (χ3n) is 3.31. The average molecular weight is 243 g/mol. The summed E-state index contributed by atoms with van der Waals surface area (Å²) in [6.07, 6.45) is 1.87. The lowest BCUT2D eigenvalue weighted by Crippen LogP contribution is -2.57. The summed E-state index contributed by atoms with van der Waals surface area (Å²) in [5.41, 5.74) is 6.01. The highest BCUT2D eigenvalue weighted by atomic mass is 35.5. The van der Waals surface area contributed by atoms with Gasteiger partial charge in [-0.3, -0.25) is 0 Å². The molecule has 1 aliphatic rings. The van der Waals surface area contributed by atoms with Crippen LogP contribution in [0.4, 0.5) is 11.5 Å². The summed E-state index contributed by atoms with van der Waals surface area (Å²) >= 11 is 5.69. The van der Waals surface area contributed by atoms with Gasteiger partial charge in [0.05, 0.1) is 18.0 Å². The number of nitrogens with zero attached hydrogens (tertiary/aromatic N) is 2. The fourth-order valence-corrected chi connectivity index (χ4v) is 1.93. The van der Waals surface area contributed by atoms with Crippen molar-refractivity contribution < 1.29 is 5.11 Å². The van der Waals surface area contributed by atoms with Crippen molar-refractivity contribution >= 4 is 23.1 Å². The van der Waals surface area contributed by atoms with E-state index in [2.05, 4.69) is 15.3 Å². The Morgan fingerprint density at radius 2 is 2.31 bits per heavy atom. The third kappa shape index (κ3) is 1.81. The zero-order chi connectivity index (χ0) is 11.9. The molecule has 0 saturated heterocycles. The van der Waals surface area contributed by atoms with E-state index in [-0.39, 0.29) is 22.8 Å². The van der Waals surface area contributed by atoms with Crippen LogP contribution in [0.2, 0.25) is 5.28 Å². The molecule has 1 heterocycles. The predicted octanol–water partition coefficient (Wildman–Crippen LogP) is 1.28. The number of halogens is 1. The molecule has 1 aliphatic carbocycles. The Morgan fingerprint density at radius 1 is 1.62 bits per heavy atom. The Hall–Kier alpha value is -1.07. The van der Waals surface area contributed by atoms with Crippen molar-refractivity contribution in [1.29, 1.82) is 0 Å². The molecule has 5 nitrogen and oxygen atoms in total. The number of aromatic nitrogens is 2. The van der Waals surface area contributed by atoms with Crippen LogP contribution in [0.3, 0.4) is 0 Å². The molecule has 88 valence electrons. The number of nitrogens with two attached hydrogens (primary N) is 1. The maximum absolute atomic E-state index is 9.62. The fraction of sp³-hybridized carbons (Fsp3) is 0.600. The Kier molecular flexibility index (Phi) is 2.67. The molecule has 2 unspecified atom stereocenters. The maximum Gasteiger partial charge on any atom is 0.224 e. The molecule has 0 bridgehead atoms. The van der Waals surface area contributed by atoms with Gasteiger partial charge in [0.2, 0.25) is 5.28 Å². The molecule has 1 aromatic heterocycles. The first-order valence-corrected chi connectivity index (χ1v) is 5.51. The summed E-state index contributed by atoms with van der Waals surface area (Å²) in [7, 11) is 0. The minimum atomic E-state index is -0.288. The summed E-state index contributed by atoms with van der Waals surface area (Å²) < 4.78 is 0. The van der Waals surface area contributed by atoms with Gasteiger partial charge in [-0.2, -0.15) is 4.98 Å². The van der Waals surface area contributed by atoms with E-state index in [1.165, 1.54) is 6.20 Å². The quantitative estimate of drug-likeness (QED) is 0.681. The molecule has 4 N–H and O–H groups in total. The summed E-state index contributed by atoms with van der Waals surface area (Å²) in [5.74, 6) is 0.532. The van der Waals surface area contributed by atoms with Gasteiger partial charge in [-0.1, -0.05) is 13.8 Å². The lowest BCUT2D eigenvalue weighted by atomic mass is 9.64. The predicted molar refractivity (Wildman–Crippen MR) is 63.3 cm³/mol. The van der Waals surface area contributed by atoms with Crippen molar-refractivity contribution in [2.75, 3.05) is 11.1 Å². The van der Waals surface area contributed by atoms with Gasteiger partial charge < -0.3 is 16.2 Å². The number of aliphatic hydroxyl groups is 1. The van der Waals surface area contributed by atoms with Crippen LogP contribution in [0.1, 0.15) is 20.3 Å². The van der Waals surface area contributed by atoms with E-state index in [9.17, 15) is 5.11 Å². The zero-order valence-corrected chi connectivity index (χ0v) is 9.99. The highest BCUT2D eigenvalue weighted by Crippen LogP contribution is 2.42. The number of hydrogen-bond acceptors (Lipinski definition) is 5.